The van der Waals surface area contributed by atoms with E-state index in [9.17, 15) is 14.3 Å². The van der Waals surface area contributed by atoms with Crippen LogP contribution in [0.15, 0.2) is 12.2 Å². The van der Waals surface area contributed by atoms with Crippen LogP contribution >= 0.6 is 7.82 Å². The number of phosphoric acid groups is 1. The van der Waals surface area contributed by atoms with E-state index in [1.54, 1.807) is 0 Å². The topological polar surface area (TPSA) is 84.9 Å². The SMILES string of the molecule is CCCCCCCCCCCCC/C=C/C1OP(=O)(O)OC[C@@H]1NC(=O)CCCCCCCCCCCCCCC. The number of nitrogens with one attached hydrogen (secondary N) is 1. The first-order valence-electron chi connectivity index (χ1n) is 17.6. The molecule has 0 radical (unpaired) electrons. The van der Waals surface area contributed by atoms with Crippen LogP contribution in [0.25, 0.3) is 0 Å². The maximum absolute atomic E-state index is 12.5. The lowest BCUT2D eigenvalue weighted by Crippen LogP contribution is -2.48. The van der Waals surface area contributed by atoms with Gasteiger partial charge in [0.2, 0.25) is 5.91 Å². The summed E-state index contributed by atoms with van der Waals surface area (Å²) in [5, 5.41) is 2.97. The number of carbonyl (C=O) groups is 1. The van der Waals surface area contributed by atoms with Crippen LogP contribution < -0.4 is 5.32 Å². The van der Waals surface area contributed by atoms with Crippen LogP contribution in [-0.2, 0) is 18.4 Å². The van der Waals surface area contributed by atoms with Crippen molar-refractivity contribution in [2.45, 2.75) is 193 Å². The summed E-state index contributed by atoms with van der Waals surface area (Å²) >= 11 is 0. The lowest BCUT2D eigenvalue weighted by atomic mass is 10.0. The van der Waals surface area contributed by atoms with Crippen molar-refractivity contribution in [2.24, 2.45) is 0 Å². The van der Waals surface area contributed by atoms with Crippen LogP contribution in [0.4, 0.5) is 0 Å². The lowest BCUT2D eigenvalue weighted by Gasteiger charge is -2.32. The fraction of sp³-hybridized carbons (Fsp3) is 0.912. The smallest absolute Gasteiger partial charge is 0.348 e. The second-order valence-corrected chi connectivity index (χ2v) is 13.7. The van der Waals surface area contributed by atoms with E-state index < -0.39 is 20.0 Å². The van der Waals surface area contributed by atoms with Gasteiger partial charge in [0.15, 0.2) is 0 Å². The Balaban J connectivity index is 2.11. The maximum Gasteiger partial charge on any atom is 0.472 e. The molecule has 0 spiro atoms. The zero-order valence-corrected chi connectivity index (χ0v) is 27.8. The van der Waals surface area contributed by atoms with E-state index in [1.165, 1.54) is 135 Å². The van der Waals surface area contributed by atoms with Crippen molar-refractivity contribution in [1.82, 2.24) is 5.32 Å². The van der Waals surface area contributed by atoms with Crippen LogP contribution in [0.1, 0.15) is 181 Å². The molecule has 2 N–H and O–H groups in total. The van der Waals surface area contributed by atoms with Gasteiger partial charge in [-0.3, -0.25) is 13.8 Å². The number of allylic oxidation sites excluding steroid dienone is 1. The van der Waals surface area contributed by atoms with Gasteiger partial charge in [-0.05, 0) is 19.3 Å². The fourth-order valence-corrected chi connectivity index (χ4v) is 6.49. The Morgan fingerprint density at radius 2 is 1.12 bits per heavy atom. The number of phosphoric ester groups is 1. The summed E-state index contributed by atoms with van der Waals surface area (Å²) < 4.78 is 22.3. The largest absolute Gasteiger partial charge is 0.472 e. The Kier molecular flexibility index (Phi) is 25.2. The first-order chi connectivity index (χ1) is 20.0. The van der Waals surface area contributed by atoms with Gasteiger partial charge in [0.25, 0.3) is 0 Å². The average molecular weight is 600 g/mol. The predicted molar refractivity (Wildman–Crippen MR) is 173 cm³/mol. The van der Waals surface area contributed by atoms with E-state index in [0.29, 0.717) is 6.42 Å². The quantitative estimate of drug-likeness (QED) is 0.0531. The molecule has 1 saturated heterocycles. The molecular formula is C34H66NO5P. The Bertz CT molecular complexity index is 686. The molecule has 1 aliphatic heterocycles. The van der Waals surface area contributed by atoms with Crippen molar-refractivity contribution in [3.05, 3.63) is 12.2 Å². The number of unbranched alkanes of at least 4 members (excludes halogenated alkanes) is 23. The minimum Gasteiger partial charge on any atom is -0.348 e. The highest BCUT2D eigenvalue weighted by Crippen LogP contribution is 2.48. The summed E-state index contributed by atoms with van der Waals surface area (Å²) in [6.45, 7) is 4.51. The minimum absolute atomic E-state index is 0.00836. The third-order valence-electron chi connectivity index (χ3n) is 8.22. The Morgan fingerprint density at radius 3 is 1.59 bits per heavy atom. The molecule has 0 aromatic heterocycles. The molecule has 242 valence electrons. The number of amides is 1. The molecule has 1 rings (SSSR count). The van der Waals surface area contributed by atoms with Gasteiger partial charge in [0.1, 0.15) is 6.10 Å². The van der Waals surface area contributed by atoms with Crippen molar-refractivity contribution >= 4 is 13.7 Å². The summed E-state index contributed by atoms with van der Waals surface area (Å²) in [5.74, 6) is -0.0382. The highest BCUT2D eigenvalue weighted by Gasteiger charge is 2.37. The lowest BCUT2D eigenvalue weighted by molar-refractivity contribution is -0.123. The highest BCUT2D eigenvalue weighted by molar-refractivity contribution is 7.47. The standard InChI is InChI=1S/C34H66NO5P/c1-3-5-7-9-11-13-15-17-19-21-23-25-27-29-33-32(31-39-41(37,38)40-33)35-34(36)30-28-26-24-22-20-18-16-14-12-10-8-6-4-2/h27,29,32-33H,3-26,28,30-31H2,1-2H3,(H,35,36)(H,37,38)/b29-27+/t32-,33?/m0/s1. The zero-order valence-electron chi connectivity index (χ0n) is 26.9. The molecule has 3 atom stereocenters. The van der Waals surface area contributed by atoms with Gasteiger partial charge in [-0.1, -0.05) is 167 Å². The Hall–Kier alpha value is -0.680. The van der Waals surface area contributed by atoms with Gasteiger partial charge in [-0.25, -0.2) is 4.57 Å². The summed E-state index contributed by atoms with van der Waals surface area (Å²) in [6, 6.07) is -0.438. The van der Waals surface area contributed by atoms with E-state index in [2.05, 4.69) is 19.2 Å². The van der Waals surface area contributed by atoms with E-state index in [0.717, 1.165) is 25.7 Å². The highest BCUT2D eigenvalue weighted by atomic mass is 31.2. The molecule has 7 heteroatoms. The summed E-state index contributed by atoms with van der Waals surface area (Å²) in [7, 11) is -4.06. The van der Waals surface area contributed by atoms with Gasteiger partial charge in [-0.2, -0.15) is 0 Å². The minimum atomic E-state index is -4.06. The predicted octanol–water partition coefficient (Wildman–Crippen LogP) is 10.7. The average Bonchev–Trinajstić information content (AvgIpc) is 2.95. The van der Waals surface area contributed by atoms with Crippen molar-refractivity contribution in [3.63, 3.8) is 0 Å². The Morgan fingerprint density at radius 1 is 0.707 bits per heavy atom. The third kappa shape index (κ3) is 23.5. The van der Waals surface area contributed by atoms with Crippen LogP contribution in [-0.4, -0.2) is 29.6 Å². The maximum atomic E-state index is 12.5. The number of rotatable bonds is 28. The number of hydrogen-bond acceptors (Lipinski definition) is 4. The van der Waals surface area contributed by atoms with E-state index in [4.69, 9.17) is 9.05 Å². The second-order valence-electron chi connectivity index (χ2n) is 12.3. The first-order valence-corrected chi connectivity index (χ1v) is 19.1. The first kappa shape index (κ1) is 38.3. The van der Waals surface area contributed by atoms with Crippen molar-refractivity contribution in [2.75, 3.05) is 6.61 Å². The molecule has 0 aromatic rings. The fourth-order valence-electron chi connectivity index (χ4n) is 5.56. The van der Waals surface area contributed by atoms with Gasteiger partial charge in [0.05, 0.1) is 12.6 Å². The molecular weight excluding hydrogens is 533 g/mol. The molecule has 2 unspecified atom stereocenters. The molecule has 0 aromatic carbocycles. The van der Waals surface area contributed by atoms with E-state index in [-0.39, 0.29) is 12.5 Å². The van der Waals surface area contributed by atoms with Crippen molar-refractivity contribution < 1.29 is 23.3 Å². The van der Waals surface area contributed by atoms with Gasteiger partial charge in [0, 0.05) is 6.42 Å². The van der Waals surface area contributed by atoms with Crippen LogP contribution in [0.3, 0.4) is 0 Å². The van der Waals surface area contributed by atoms with Crippen LogP contribution in [0, 0.1) is 0 Å². The van der Waals surface area contributed by atoms with Crippen LogP contribution in [0.2, 0.25) is 0 Å². The van der Waals surface area contributed by atoms with Gasteiger partial charge >= 0.3 is 7.82 Å². The van der Waals surface area contributed by atoms with Crippen molar-refractivity contribution in [1.29, 1.82) is 0 Å². The molecule has 1 amide bonds. The third-order valence-corrected chi connectivity index (χ3v) is 9.21. The molecule has 41 heavy (non-hydrogen) atoms. The molecule has 0 aliphatic carbocycles. The van der Waals surface area contributed by atoms with Gasteiger partial charge in [-0.15, -0.1) is 0 Å². The number of hydrogen-bond donors (Lipinski definition) is 2. The molecule has 1 heterocycles. The normalized spacial score (nSPS) is 21.0. The van der Waals surface area contributed by atoms with E-state index in [1.807, 2.05) is 12.2 Å². The van der Waals surface area contributed by atoms with Crippen molar-refractivity contribution in [3.8, 4) is 0 Å². The summed E-state index contributed by atoms with van der Waals surface area (Å²) in [5.41, 5.74) is 0. The molecule has 0 bridgehead atoms. The molecule has 6 nitrogen and oxygen atoms in total. The molecule has 0 saturated carbocycles. The van der Waals surface area contributed by atoms with E-state index >= 15 is 0 Å². The van der Waals surface area contributed by atoms with Gasteiger partial charge < -0.3 is 10.2 Å². The molecule has 1 aliphatic rings. The zero-order chi connectivity index (χ0) is 29.9. The molecule has 1 fully saturated rings. The monoisotopic (exact) mass is 599 g/mol. The summed E-state index contributed by atoms with van der Waals surface area (Å²) in [4.78, 5) is 22.3. The van der Waals surface area contributed by atoms with Crippen LogP contribution in [0.5, 0.6) is 0 Å². The number of carbonyl (C=O) groups excluding carboxylic acids is 1. The second kappa shape index (κ2) is 26.9. The Labute approximate surface area is 253 Å². The summed E-state index contributed by atoms with van der Waals surface area (Å²) in [6.07, 6.45) is 35.6.